The van der Waals surface area contributed by atoms with Crippen LogP contribution in [0.2, 0.25) is 0 Å². The molecular formula is C15H20N4O. The van der Waals surface area contributed by atoms with Gasteiger partial charge in [0, 0.05) is 37.7 Å². The number of amides is 1. The van der Waals surface area contributed by atoms with E-state index in [4.69, 9.17) is 0 Å². The summed E-state index contributed by atoms with van der Waals surface area (Å²) in [6.45, 7) is 4.83. The lowest BCUT2D eigenvalue weighted by Crippen LogP contribution is -2.42. The fraction of sp³-hybridized carbons (Fsp3) is 0.467. The minimum atomic E-state index is 0.121. The summed E-state index contributed by atoms with van der Waals surface area (Å²) < 4.78 is 1.89. The van der Waals surface area contributed by atoms with E-state index in [1.165, 1.54) is 0 Å². The number of rotatable bonds is 4. The second kappa shape index (κ2) is 5.63. The molecule has 106 valence electrons. The average molecular weight is 272 g/mol. The van der Waals surface area contributed by atoms with E-state index in [0.29, 0.717) is 6.04 Å². The van der Waals surface area contributed by atoms with Crippen LogP contribution in [0.3, 0.4) is 0 Å². The summed E-state index contributed by atoms with van der Waals surface area (Å²) in [6, 6.07) is 4.08. The van der Waals surface area contributed by atoms with Crippen molar-refractivity contribution in [2.24, 2.45) is 0 Å². The normalized spacial score (nSPS) is 18.6. The SMILES string of the molecule is CCCN(C(=O)c1ccc2nccn2c1)C1CCNC1. The third-order valence-corrected chi connectivity index (χ3v) is 3.84. The van der Waals surface area contributed by atoms with Crippen LogP contribution in [0.4, 0.5) is 0 Å². The quantitative estimate of drug-likeness (QED) is 0.918. The van der Waals surface area contributed by atoms with Gasteiger partial charge in [0.2, 0.25) is 0 Å². The Bertz CT molecular complexity index is 601. The number of fused-ring (bicyclic) bond motifs is 1. The first-order chi connectivity index (χ1) is 9.79. The highest BCUT2D eigenvalue weighted by atomic mass is 16.2. The number of imidazole rings is 1. The van der Waals surface area contributed by atoms with Crippen molar-refractivity contribution in [3.05, 3.63) is 36.3 Å². The van der Waals surface area contributed by atoms with Crippen LogP contribution in [0.5, 0.6) is 0 Å². The maximum atomic E-state index is 12.8. The molecule has 1 saturated heterocycles. The number of carbonyl (C=O) groups is 1. The van der Waals surface area contributed by atoms with Crippen LogP contribution in [-0.2, 0) is 0 Å². The molecule has 1 fully saturated rings. The number of nitrogens with zero attached hydrogens (tertiary/aromatic N) is 3. The predicted octanol–water partition coefficient (Wildman–Crippen LogP) is 1.55. The molecule has 1 aliphatic heterocycles. The summed E-state index contributed by atoms with van der Waals surface area (Å²) in [4.78, 5) is 19.0. The van der Waals surface area contributed by atoms with Crippen molar-refractivity contribution >= 4 is 11.6 Å². The van der Waals surface area contributed by atoms with Gasteiger partial charge in [-0.15, -0.1) is 0 Å². The molecule has 1 atom stereocenters. The third-order valence-electron chi connectivity index (χ3n) is 3.84. The number of aromatic nitrogens is 2. The maximum Gasteiger partial charge on any atom is 0.255 e. The van der Waals surface area contributed by atoms with E-state index >= 15 is 0 Å². The number of pyridine rings is 1. The zero-order valence-electron chi connectivity index (χ0n) is 11.7. The van der Waals surface area contributed by atoms with Crippen molar-refractivity contribution in [1.82, 2.24) is 19.6 Å². The van der Waals surface area contributed by atoms with Gasteiger partial charge in [0.25, 0.3) is 5.91 Å². The highest BCUT2D eigenvalue weighted by Crippen LogP contribution is 2.15. The standard InChI is InChI=1S/C15H20N4O/c1-2-8-19(13-5-6-16-10-13)15(20)12-3-4-14-17-7-9-18(14)11-12/h3-4,7,9,11,13,16H,2,5-6,8,10H2,1H3. The fourth-order valence-electron chi connectivity index (χ4n) is 2.81. The minimum absolute atomic E-state index is 0.121. The fourth-order valence-corrected chi connectivity index (χ4v) is 2.81. The Morgan fingerprint density at radius 1 is 1.55 bits per heavy atom. The Morgan fingerprint density at radius 3 is 3.20 bits per heavy atom. The van der Waals surface area contributed by atoms with Crippen molar-refractivity contribution in [2.45, 2.75) is 25.8 Å². The monoisotopic (exact) mass is 272 g/mol. The van der Waals surface area contributed by atoms with Crippen molar-refractivity contribution in [1.29, 1.82) is 0 Å². The largest absolute Gasteiger partial charge is 0.334 e. The van der Waals surface area contributed by atoms with Gasteiger partial charge >= 0.3 is 0 Å². The summed E-state index contributed by atoms with van der Waals surface area (Å²) in [6.07, 6.45) is 7.51. The molecule has 0 saturated carbocycles. The summed E-state index contributed by atoms with van der Waals surface area (Å²) in [7, 11) is 0. The van der Waals surface area contributed by atoms with Crippen LogP contribution in [0.25, 0.3) is 5.65 Å². The van der Waals surface area contributed by atoms with E-state index in [1.807, 2.05) is 33.8 Å². The van der Waals surface area contributed by atoms with Gasteiger partial charge in [0.05, 0.1) is 5.56 Å². The summed E-state index contributed by atoms with van der Waals surface area (Å²) >= 11 is 0. The Hall–Kier alpha value is -1.88. The van der Waals surface area contributed by atoms with E-state index in [-0.39, 0.29) is 5.91 Å². The molecule has 0 aromatic carbocycles. The highest BCUT2D eigenvalue weighted by Gasteiger charge is 2.26. The van der Waals surface area contributed by atoms with Crippen LogP contribution in [-0.4, -0.2) is 45.9 Å². The molecule has 3 heterocycles. The first-order valence-corrected chi connectivity index (χ1v) is 7.24. The maximum absolute atomic E-state index is 12.8. The molecule has 5 heteroatoms. The number of hydrogen-bond acceptors (Lipinski definition) is 3. The molecule has 5 nitrogen and oxygen atoms in total. The smallest absolute Gasteiger partial charge is 0.255 e. The third kappa shape index (κ3) is 2.41. The van der Waals surface area contributed by atoms with Gasteiger partial charge in [-0.05, 0) is 31.5 Å². The predicted molar refractivity (Wildman–Crippen MR) is 77.8 cm³/mol. The second-order valence-corrected chi connectivity index (χ2v) is 5.26. The molecule has 2 aromatic heterocycles. The van der Waals surface area contributed by atoms with Gasteiger partial charge in [-0.1, -0.05) is 6.92 Å². The summed E-state index contributed by atoms with van der Waals surface area (Å²) in [5.74, 6) is 0.121. The number of nitrogens with one attached hydrogen (secondary N) is 1. The van der Waals surface area contributed by atoms with Crippen molar-refractivity contribution < 1.29 is 4.79 Å². The zero-order chi connectivity index (χ0) is 13.9. The van der Waals surface area contributed by atoms with E-state index in [1.54, 1.807) is 6.20 Å². The number of hydrogen-bond donors (Lipinski definition) is 1. The lowest BCUT2D eigenvalue weighted by atomic mass is 10.1. The van der Waals surface area contributed by atoms with Crippen LogP contribution in [0.1, 0.15) is 30.1 Å². The Balaban J connectivity index is 1.87. The molecule has 2 aromatic rings. The van der Waals surface area contributed by atoms with Gasteiger partial charge < -0.3 is 14.6 Å². The van der Waals surface area contributed by atoms with Crippen LogP contribution >= 0.6 is 0 Å². The average Bonchev–Trinajstić information content (AvgIpc) is 3.13. The van der Waals surface area contributed by atoms with Gasteiger partial charge in [-0.25, -0.2) is 4.98 Å². The van der Waals surface area contributed by atoms with Crippen molar-refractivity contribution in [2.75, 3.05) is 19.6 Å². The molecule has 1 N–H and O–H groups in total. The molecule has 1 unspecified atom stereocenters. The number of carbonyl (C=O) groups excluding carboxylic acids is 1. The molecule has 0 bridgehead atoms. The van der Waals surface area contributed by atoms with Gasteiger partial charge in [-0.3, -0.25) is 4.79 Å². The lowest BCUT2D eigenvalue weighted by molar-refractivity contribution is 0.0691. The highest BCUT2D eigenvalue weighted by molar-refractivity contribution is 5.94. The first-order valence-electron chi connectivity index (χ1n) is 7.24. The zero-order valence-corrected chi connectivity index (χ0v) is 11.7. The van der Waals surface area contributed by atoms with E-state index < -0.39 is 0 Å². The second-order valence-electron chi connectivity index (χ2n) is 5.26. The molecule has 0 aliphatic carbocycles. The summed E-state index contributed by atoms with van der Waals surface area (Å²) in [5.41, 5.74) is 1.60. The molecule has 1 aliphatic rings. The van der Waals surface area contributed by atoms with Crippen molar-refractivity contribution in [3.8, 4) is 0 Å². The molecule has 0 radical (unpaired) electrons. The van der Waals surface area contributed by atoms with Crippen LogP contribution < -0.4 is 5.32 Å². The van der Waals surface area contributed by atoms with Crippen LogP contribution in [0.15, 0.2) is 30.7 Å². The topological polar surface area (TPSA) is 49.6 Å². The Kier molecular flexibility index (Phi) is 3.69. The van der Waals surface area contributed by atoms with E-state index in [9.17, 15) is 4.79 Å². The summed E-state index contributed by atoms with van der Waals surface area (Å²) in [5, 5.41) is 3.33. The van der Waals surface area contributed by atoms with E-state index in [2.05, 4.69) is 17.2 Å². The van der Waals surface area contributed by atoms with Gasteiger partial charge in [-0.2, -0.15) is 0 Å². The first kappa shape index (κ1) is 13.1. The Labute approximate surface area is 118 Å². The molecule has 1 amide bonds. The molecule has 0 spiro atoms. The molecule has 3 rings (SSSR count). The molecule has 20 heavy (non-hydrogen) atoms. The van der Waals surface area contributed by atoms with E-state index in [0.717, 1.165) is 43.7 Å². The van der Waals surface area contributed by atoms with Crippen molar-refractivity contribution in [3.63, 3.8) is 0 Å². The van der Waals surface area contributed by atoms with Gasteiger partial charge in [0.1, 0.15) is 5.65 Å². The lowest BCUT2D eigenvalue weighted by Gasteiger charge is -2.28. The molecular weight excluding hydrogens is 252 g/mol. The van der Waals surface area contributed by atoms with Crippen LogP contribution in [0, 0.1) is 0 Å². The van der Waals surface area contributed by atoms with Gasteiger partial charge in [0.15, 0.2) is 0 Å². The minimum Gasteiger partial charge on any atom is -0.334 e. The Morgan fingerprint density at radius 2 is 2.45 bits per heavy atom.